The lowest BCUT2D eigenvalue weighted by Gasteiger charge is -2.38. The number of fused-ring (bicyclic) bond motifs is 1. The topological polar surface area (TPSA) is 172 Å². The summed E-state index contributed by atoms with van der Waals surface area (Å²) in [6.07, 6.45) is 5.16. The van der Waals surface area contributed by atoms with Gasteiger partial charge in [0, 0.05) is 33.5 Å². The van der Waals surface area contributed by atoms with Crippen molar-refractivity contribution in [2.45, 2.75) is 130 Å². The van der Waals surface area contributed by atoms with Gasteiger partial charge in [0.05, 0.1) is 5.41 Å². The van der Waals surface area contributed by atoms with Crippen LogP contribution in [0.25, 0.3) is 0 Å². The summed E-state index contributed by atoms with van der Waals surface area (Å²) < 4.78 is 11.9. The normalized spacial score (nSPS) is 26.3. The number of amides is 5. The van der Waals surface area contributed by atoms with Crippen molar-refractivity contribution in [1.29, 1.82) is 0 Å². The Kier molecular flexibility index (Phi) is 16.7. The van der Waals surface area contributed by atoms with Crippen molar-refractivity contribution in [2.75, 3.05) is 27.2 Å². The molecule has 0 spiro atoms. The first-order valence-electron chi connectivity index (χ1n) is 20.0. The third-order valence-corrected chi connectivity index (χ3v) is 11.0. The molecule has 1 aromatic rings. The number of carbonyl (C=O) groups is 7. The van der Waals surface area contributed by atoms with E-state index in [0.717, 1.165) is 5.56 Å². The van der Waals surface area contributed by atoms with Crippen molar-refractivity contribution < 1.29 is 43.0 Å². The van der Waals surface area contributed by atoms with Crippen LogP contribution in [0.15, 0.2) is 30.3 Å². The minimum Gasteiger partial charge on any atom is -0.460 e. The van der Waals surface area contributed by atoms with E-state index in [2.05, 4.69) is 16.6 Å². The highest BCUT2D eigenvalue weighted by atomic mass is 16.6. The number of ether oxygens (including phenoxy) is 2. The SMILES string of the molecule is C#CCCCC1OC(=O)CNC(=O)C(Cc2ccccc2)N(C)C(=O)C2CCCN2C(=O)C(C(C)C)OC(=O)C(C(C)C)N(C)C(=O)C(C(C)C)NC(=O)C1(C)C. The molecule has 2 aliphatic rings. The van der Waals surface area contributed by atoms with Crippen molar-refractivity contribution in [3.63, 3.8) is 0 Å². The van der Waals surface area contributed by atoms with Gasteiger partial charge in [-0.1, -0.05) is 71.9 Å². The summed E-state index contributed by atoms with van der Waals surface area (Å²) >= 11 is 0. The molecule has 0 radical (unpaired) electrons. The van der Waals surface area contributed by atoms with Crippen molar-refractivity contribution in [3.8, 4) is 12.3 Å². The van der Waals surface area contributed by atoms with Crippen LogP contribution < -0.4 is 10.6 Å². The summed E-state index contributed by atoms with van der Waals surface area (Å²) in [5.74, 6) is -3.24. The zero-order valence-electron chi connectivity index (χ0n) is 35.3. The van der Waals surface area contributed by atoms with Gasteiger partial charge in [0.25, 0.3) is 5.91 Å². The van der Waals surface area contributed by atoms with Gasteiger partial charge in [0.1, 0.15) is 36.8 Å². The van der Waals surface area contributed by atoms with Gasteiger partial charge < -0.3 is 34.8 Å². The molecule has 2 N–H and O–H groups in total. The molecule has 3 rings (SSSR count). The Morgan fingerprint density at radius 3 is 2.09 bits per heavy atom. The number of hydrogen-bond donors (Lipinski definition) is 2. The smallest absolute Gasteiger partial charge is 0.329 e. The molecule has 2 saturated heterocycles. The van der Waals surface area contributed by atoms with Gasteiger partial charge in [0.15, 0.2) is 6.10 Å². The molecule has 314 valence electrons. The summed E-state index contributed by atoms with van der Waals surface area (Å²) in [7, 11) is 2.95. The van der Waals surface area contributed by atoms with Crippen molar-refractivity contribution in [3.05, 3.63) is 35.9 Å². The van der Waals surface area contributed by atoms with Gasteiger partial charge in [-0.2, -0.15) is 0 Å². The Morgan fingerprint density at radius 2 is 1.51 bits per heavy atom. The third-order valence-electron chi connectivity index (χ3n) is 11.0. The average Bonchev–Trinajstić information content (AvgIpc) is 3.65. The monoisotopic (exact) mass is 793 g/mol. The van der Waals surface area contributed by atoms with E-state index in [1.54, 1.807) is 55.4 Å². The molecule has 6 unspecified atom stereocenters. The molecule has 2 heterocycles. The molecule has 6 atom stereocenters. The number of benzene rings is 1. The summed E-state index contributed by atoms with van der Waals surface area (Å²) in [6, 6.07) is 4.85. The van der Waals surface area contributed by atoms with E-state index in [-0.39, 0.29) is 19.4 Å². The summed E-state index contributed by atoms with van der Waals surface area (Å²) in [5.41, 5.74) is -0.620. The Balaban J connectivity index is 2.14. The number of cyclic esters (lactones) is 2. The lowest BCUT2D eigenvalue weighted by molar-refractivity contribution is -0.172. The van der Waals surface area contributed by atoms with E-state index in [1.807, 2.05) is 30.3 Å². The molecule has 57 heavy (non-hydrogen) atoms. The van der Waals surface area contributed by atoms with Crippen LogP contribution in [0, 0.1) is 35.5 Å². The number of terminal acetylenes is 1. The second-order valence-corrected chi connectivity index (χ2v) is 16.8. The minimum absolute atomic E-state index is 0.110. The van der Waals surface area contributed by atoms with Crippen LogP contribution in [0.5, 0.6) is 0 Å². The first-order chi connectivity index (χ1) is 26.7. The predicted molar refractivity (Wildman–Crippen MR) is 214 cm³/mol. The first-order valence-corrected chi connectivity index (χ1v) is 20.0. The van der Waals surface area contributed by atoms with E-state index in [0.29, 0.717) is 25.7 Å². The van der Waals surface area contributed by atoms with Crippen LogP contribution >= 0.6 is 0 Å². The van der Waals surface area contributed by atoms with Gasteiger partial charge in [-0.05, 0) is 62.8 Å². The molecule has 0 saturated carbocycles. The zero-order valence-corrected chi connectivity index (χ0v) is 35.3. The van der Waals surface area contributed by atoms with Gasteiger partial charge in [-0.3, -0.25) is 28.8 Å². The van der Waals surface area contributed by atoms with Crippen molar-refractivity contribution in [1.82, 2.24) is 25.3 Å². The maximum atomic E-state index is 14.3. The highest BCUT2D eigenvalue weighted by molar-refractivity contribution is 5.96. The molecule has 1 aromatic carbocycles. The molecule has 14 nitrogen and oxygen atoms in total. The van der Waals surface area contributed by atoms with Gasteiger partial charge in [0.2, 0.25) is 23.6 Å². The number of likely N-dealkylation sites (N-methyl/N-ethyl adjacent to an activating group) is 2. The number of nitrogens with one attached hydrogen (secondary N) is 2. The van der Waals surface area contributed by atoms with E-state index >= 15 is 0 Å². The summed E-state index contributed by atoms with van der Waals surface area (Å²) in [6.45, 7) is 13.3. The van der Waals surface area contributed by atoms with Crippen molar-refractivity contribution in [2.24, 2.45) is 23.2 Å². The molecule has 14 heteroatoms. The molecule has 2 fully saturated rings. The number of rotatable bonds is 8. The Bertz CT molecular complexity index is 1650. The molecule has 5 amide bonds. The fraction of sp³-hybridized carbons (Fsp3) is 0.651. The number of unbranched alkanes of at least 4 members (excludes halogenated alkanes) is 1. The van der Waals surface area contributed by atoms with Crippen LogP contribution in [0.3, 0.4) is 0 Å². The van der Waals surface area contributed by atoms with Gasteiger partial charge >= 0.3 is 11.9 Å². The first kappa shape index (κ1) is 46.5. The van der Waals surface area contributed by atoms with E-state index in [4.69, 9.17) is 15.9 Å². The second-order valence-electron chi connectivity index (χ2n) is 16.8. The number of hydrogen-bond acceptors (Lipinski definition) is 9. The lowest BCUT2D eigenvalue weighted by Crippen LogP contribution is -2.59. The number of esters is 2. The summed E-state index contributed by atoms with van der Waals surface area (Å²) in [5, 5.41) is 5.49. The molecular weight excluding hydrogens is 730 g/mol. The Labute approximate surface area is 338 Å². The van der Waals surface area contributed by atoms with E-state index < -0.39 is 108 Å². The predicted octanol–water partition coefficient (Wildman–Crippen LogP) is 3.11. The lowest BCUT2D eigenvalue weighted by atomic mass is 9.82. The van der Waals surface area contributed by atoms with Gasteiger partial charge in [-0.25, -0.2) is 4.79 Å². The molecular formula is C43H63N5O9. The molecule has 2 aliphatic heterocycles. The van der Waals surface area contributed by atoms with Crippen LogP contribution in [0.1, 0.15) is 93.1 Å². The van der Waals surface area contributed by atoms with Crippen molar-refractivity contribution >= 4 is 41.5 Å². The quantitative estimate of drug-likeness (QED) is 0.228. The second kappa shape index (κ2) is 20.5. The van der Waals surface area contributed by atoms with E-state index in [9.17, 15) is 33.6 Å². The zero-order chi connectivity index (χ0) is 42.8. The standard InChI is InChI=1S/C43H63N5O9/c1-12-13-15-22-32-43(8,9)42(55)45-34(26(2)3)39(52)47(11)35(27(4)5)41(54)57-36(28(6)7)40(53)48-23-18-21-30(48)38(51)46(10)31(24-29-19-16-14-17-20-29)37(50)44-25-33(49)56-32/h1,14,16-17,19-20,26-28,30-32,34-36H,13,15,18,21-25H2,2-11H3,(H,44,50)(H,45,55). The minimum atomic E-state index is -1.38. The third kappa shape index (κ3) is 11.6. The molecule has 0 aliphatic carbocycles. The highest BCUT2D eigenvalue weighted by Gasteiger charge is 2.46. The van der Waals surface area contributed by atoms with Gasteiger partial charge in [-0.15, -0.1) is 12.3 Å². The Hall–Kier alpha value is -4.93. The average molecular weight is 794 g/mol. The number of nitrogens with zero attached hydrogens (tertiary/aromatic N) is 3. The summed E-state index contributed by atoms with van der Waals surface area (Å²) in [4.78, 5) is 102. The fourth-order valence-electron chi connectivity index (χ4n) is 7.40. The molecule has 0 aromatic heterocycles. The maximum absolute atomic E-state index is 14.3. The van der Waals surface area contributed by atoms with Crippen LogP contribution in [-0.2, 0) is 49.5 Å². The Morgan fingerprint density at radius 1 is 0.860 bits per heavy atom. The highest BCUT2D eigenvalue weighted by Crippen LogP contribution is 2.30. The van der Waals surface area contributed by atoms with Crippen LogP contribution in [0.4, 0.5) is 0 Å². The number of carbonyl (C=O) groups excluding carboxylic acids is 7. The largest absolute Gasteiger partial charge is 0.460 e. The maximum Gasteiger partial charge on any atom is 0.329 e. The van der Waals surface area contributed by atoms with Crippen LogP contribution in [0.2, 0.25) is 0 Å². The molecule has 0 bridgehead atoms. The van der Waals surface area contributed by atoms with E-state index in [1.165, 1.54) is 28.8 Å². The fourth-order valence-corrected chi connectivity index (χ4v) is 7.40. The van der Waals surface area contributed by atoms with Crippen LogP contribution in [-0.4, -0.2) is 120 Å².